The van der Waals surface area contributed by atoms with Crippen molar-refractivity contribution >= 4 is 22.1 Å². The number of imide groups is 1. The van der Waals surface area contributed by atoms with Crippen LogP contribution in [0.1, 0.15) is 29.3 Å². The van der Waals surface area contributed by atoms with E-state index in [1.165, 1.54) is 4.90 Å². The first-order valence-corrected chi connectivity index (χ1v) is 8.85. The number of ether oxygens (including phenoxy) is 2. The zero-order chi connectivity index (χ0) is 18.0. The summed E-state index contributed by atoms with van der Waals surface area (Å²) in [6, 6.07) is 12.1. The quantitative estimate of drug-likeness (QED) is 0.560. The van der Waals surface area contributed by atoms with Crippen LogP contribution in [-0.4, -0.2) is 29.6 Å². The van der Waals surface area contributed by atoms with Crippen molar-refractivity contribution in [3.63, 3.8) is 0 Å². The van der Waals surface area contributed by atoms with E-state index in [1.807, 2.05) is 17.6 Å². The van der Waals surface area contributed by atoms with Crippen LogP contribution in [0.4, 0.5) is 5.69 Å². The molecule has 1 atom stereocenters. The molecule has 1 unspecified atom stereocenters. The number of carbonyl (C=O) groups is 2. The maximum absolute atomic E-state index is 13.0. The summed E-state index contributed by atoms with van der Waals surface area (Å²) in [4.78, 5) is 27.0. The van der Waals surface area contributed by atoms with E-state index in [0.717, 1.165) is 5.56 Å². The van der Waals surface area contributed by atoms with Crippen LogP contribution < -0.4 is 14.4 Å². The van der Waals surface area contributed by atoms with Gasteiger partial charge in [-0.15, -0.1) is 0 Å². The van der Waals surface area contributed by atoms with E-state index < -0.39 is 6.10 Å². The third-order valence-electron chi connectivity index (χ3n) is 4.04. The van der Waals surface area contributed by atoms with E-state index in [-0.39, 0.29) is 11.8 Å². The van der Waals surface area contributed by atoms with Gasteiger partial charge in [0.15, 0.2) is 0 Å². The fraction of sp³-hybridized carbons (Fsp3) is 0.211. The minimum atomic E-state index is -0.678. The first-order chi connectivity index (χ1) is 12.1. The summed E-state index contributed by atoms with van der Waals surface area (Å²) in [6.45, 7) is 1.86. The molecular weight excluding hydrogens is 407 g/mol. The Labute approximate surface area is 155 Å². The molecule has 1 aliphatic heterocycles. The van der Waals surface area contributed by atoms with Gasteiger partial charge in [-0.05, 0) is 0 Å². The molecule has 1 heterocycles. The van der Waals surface area contributed by atoms with Gasteiger partial charge in [-0.1, -0.05) is 0 Å². The van der Waals surface area contributed by atoms with E-state index >= 15 is 0 Å². The normalized spacial score (nSPS) is 16.0. The zero-order valence-electron chi connectivity index (χ0n) is 13.8. The van der Waals surface area contributed by atoms with Crippen molar-refractivity contribution in [2.75, 3.05) is 12.0 Å². The second kappa shape index (κ2) is 7.28. The summed E-state index contributed by atoms with van der Waals surface area (Å²) in [7, 11) is 1.56. The molecular formula is C19H17NO4Ru+. The molecule has 0 fully saturated rings. The number of fused-ring (bicyclic) bond motifs is 1. The van der Waals surface area contributed by atoms with Crippen LogP contribution in [0.15, 0.2) is 42.5 Å². The number of amides is 2. The van der Waals surface area contributed by atoms with Crippen molar-refractivity contribution in [2.45, 2.75) is 19.4 Å². The number of anilines is 1. The van der Waals surface area contributed by atoms with Gasteiger partial charge < -0.3 is 0 Å². The SMILES string of the molecule is CCC1Oc2c([CH]=[Ru+])cccc2N(C(=O)c2ccc(OC)cc2)C1=O. The van der Waals surface area contributed by atoms with Gasteiger partial charge in [0.25, 0.3) is 0 Å². The topological polar surface area (TPSA) is 55.8 Å². The molecule has 25 heavy (non-hydrogen) atoms. The number of hydrogen-bond donors (Lipinski definition) is 0. The van der Waals surface area contributed by atoms with Crippen LogP contribution in [0, 0.1) is 0 Å². The molecule has 1 aliphatic rings. The predicted octanol–water partition coefficient (Wildman–Crippen LogP) is 2.74. The number of methoxy groups -OCH3 is 1. The Bertz CT molecular complexity index is 832. The molecule has 129 valence electrons. The van der Waals surface area contributed by atoms with Gasteiger partial charge in [-0.25, -0.2) is 0 Å². The average Bonchev–Trinajstić information content (AvgIpc) is 2.66. The van der Waals surface area contributed by atoms with E-state index in [9.17, 15) is 9.59 Å². The number of rotatable bonds is 4. The first-order valence-electron chi connectivity index (χ1n) is 7.84. The Hall–Kier alpha value is -2.33. The van der Waals surface area contributed by atoms with Gasteiger partial charge >= 0.3 is 156 Å². The van der Waals surface area contributed by atoms with Gasteiger partial charge in [0.2, 0.25) is 0 Å². The Kier molecular flexibility index (Phi) is 5.09. The van der Waals surface area contributed by atoms with Crippen LogP contribution in [-0.2, 0) is 22.6 Å². The van der Waals surface area contributed by atoms with Crippen LogP contribution in [0.3, 0.4) is 0 Å². The van der Waals surface area contributed by atoms with Gasteiger partial charge in [-0.2, -0.15) is 0 Å². The van der Waals surface area contributed by atoms with Crippen molar-refractivity contribution in [1.82, 2.24) is 0 Å². The summed E-state index contributed by atoms with van der Waals surface area (Å²) < 4.78 is 12.8. The maximum atomic E-state index is 13.0. The van der Waals surface area contributed by atoms with Gasteiger partial charge in [0.05, 0.1) is 0 Å². The van der Waals surface area contributed by atoms with Crippen LogP contribution in [0.25, 0.3) is 0 Å². The van der Waals surface area contributed by atoms with Crippen LogP contribution >= 0.6 is 0 Å². The number of para-hydroxylation sites is 1. The van der Waals surface area contributed by atoms with Crippen molar-refractivity contribution < 1.29 is 36.9 Å². The second-order valence-electron chi connectivity index (χ2n) is 5.52. The molecule has 2 amide bonds. The van der Waals surface area contributed by atoms with Gasteiger partial charge in [0.1, 0.15) is 0 Å². The molecule has 0 bridgehead atoms. The van der Waals surface area contributed by atoms with Gasteiger partial charge in [0, 0.05) is 0 Å². The Balaban J connectivity index is 2.08. The van der Waals surface area contributed by atoms with Crippen molar-refractivity contribution in [2.24, 2.45) is 0 Å². The standard InChI is InChI=1S/C19H17NO4.Ru/c1-4-16-19(22)20(15-7-5-6-12(2)17(15)24-16)18(21)13-8-10-14(23-3)11-9-13;/h2,5-11,16H,4H2,1,3H3;/q;+1. The molecule has 3 rings (SSSR count). The third kappa shape index (κ3) is 3.14. The third-order valence-corrected chi connectivity index (χ3v) is 4.58. The van der Waals surface area contributed by atoms with Crippen LogP contribution in [0.2, 0.25) is 0 Å². The summed E-state index contributed by atoms with van der Waals surface area (Å²) in [5.41, 5.74) is 1.71. The van der Waals surface area contributed by atoms with Crippen LogP contribution in [0.5, 0.6) is 11.5 Å². The second-order valence-corrected chi connectivity index (χ2v) is 6.02. The molecule has 6 heteroatoms. The molecule has 0 saturated carbocycles. The fourth-order valence-electron chi connectivity index (χ4n) is 2.71. The fourth-order valence-corrected chi connectivity index (χ4v) is 3.11. The monoisotopic (exact) mass is 425 g/mol. The van der Waals surface area contributed by atoms with E-state index in [0.29, 0.717) is 29.2 Å². The number of hydrogen-bond acceptors (Lipinski definition) is 4. The number of benzene rings is 2. The average molecular weight is 424 g/mol. The summed E-state index contributed by atoms with van der Waals surface area (Å²) >= 11 is 2.42. The zero-order valence-corrected chi connectivity index (χ0v) is 15.6. The molecule has 2 aromatic carbocycles. The van der Waals surface area contributed by atoms with Crippen molar-refractivity contribution in [3.8, 4) is 11.5 Å². The van der Waals surface area contributed by atoms with E-state index in [1.54, 1.807) is 43.5 Å². The number of carbonyl (C=O) groups excluding carboxylic acids is 2. The molecule has 5 nitrogen and oxygen atoms in total. The molecule has 0 aliphatic carbocycles. The first kappa shape index (κ1) is 17.5. The summed E-state index contributed by atoms with van der Waals surface area (Å²) in [6.07, 6.45) is -0.195. The Morgan fingerprint density at radius 3 is 2.60 bits per heavy atom. The molecule has 0 aromatic heterocycles. The van der Waals surface area contributed by atoms with E-state index in [2.05, 4.69) is 17.9 Å². The molecule has 0 spiro atoms. The Morgan fingerprint density at radius 2 is 2.00 bits per heavy atom. The van der Waals surface area contributed by atoms with Gasteiger partial charge in [-0.3, -0.25) is 0 Å². The van der Waals surface area contributed by atoms with E-state index in [4.69, 9.17) is 9.47 Å². The molecule has 2 aromatic rings. The van der Waals surface area contributed by atoms with Crippen molar-refractivity contribution in [3.05, 3.63) is 53.6 Å². The summed E-state index contributed by atoms with van der Waals surface area (Å²) in [5, 5.41) is 0. The summed E-state index contributed by atoms with van der Waals surface area (Å²) in [5.74, 6) is 0.474. The molecule has 0 saturated heterocycles. The Morgan fingerprint density at radius 1 is 1.28 bits per heavy atom. The van der Waals surface area contributed by atoms with Crippen molar-refractivity contribution in [1.29, 1.82) is 0 Å². The predicted molar refractivity (Wildman–Crippen MR) is 91.1 cm³/mol. The molecule has 0 radical (unpaired) electrons. The number of nitrogens with zero attached hydrogens (tertiary/aromatic N) is 1. The minimum absolute atomic E-state index is 0.349. The molecule has 0 N–H and O–H groups in total.